The number of hydrogen-bond donors (Lipinski definition) is 1. The molecule has 1 amide bonds. The predicted octanol–water partition coefficient (Wildman–Crippen LogP) is 3.46. The zero-order chi connectivity index (χ0) is 18.2. The normalized spacial score (nSPS) is 22.8. The molecular weight excluding hydrogens is 316 g/mol. The fraction of sp³-hybridized carbons (Fsp3) is 0.650. The summed E-state index contributed by atoms with van der Waals surface area (Å²) >= 11 is 0. The molecule has 1 N–H and O–H groups in total. The number of likely N-dealkylation sites (tertiary alicyclic amines) is 1. The van der Waals surface area contributed by atoms with E-state index in [4.69, 9.17) is 9.47 Å². The average molecular weight is 346 g/mol. The molecule has 138 valence electrons. The van der Waals surface area contributed by atoms with Crippen molar-refractivity contribution in [1.29, 1.82) is 0 Å². The molecule has 5 nitrogen and oxygen atoms in total. The van der Waals surface area contributed by atoms with E-state index in [0.29, 0.717) is 25.6 Å². The largest absolute Gasteiger partial charge is 0.444 e. The van der Waals surface area contributed by atoms with E-state index in [1.807, 2.05) is 20.8 Å². The Balaban J connectivity index is 1.75. The van der Waals surface area contributed by atoms with Gasteiger partial charge in [-0.3, -0.25) is 0 Å². The van der Waals surface area contributed by atoms with Crippen LogP contribution in [0.3, 0.4) is 0 Å². The predicted molar refractivity (Wildman–Crippen MR) is 97.8 cm³/mol. The number of amides is 1. The van der Waals surface area contributed by atoms with E-state index in [1.54, 1.807) is 4.90 Å². The van der Waals surface area contributed by atoms with Gasteiger partial charge in [0.25, 0.3) is 0 Å². The van der Waals surface area contributed by atoms with Crippen LogP contribution in [-0.4, -0.2) is 48.4 Å². The van der Waals surface area contributed by atoms with Crippen molar-refractivity contribution in [2.24, 2.45) is 0 Å². The maximum atomic E-state index is 12.3. The molecule has 0 bridgehead atoms. The van der Waals surface area contributed by atoms with Crippen LogP contribution in [0.1, 0.15) is 57.7 Å². The van der Waals surface area contributed by atoms with Gasteiger partial charge in [0.15, 0.2) is 0 Å². The molecule has 3 rings (SSSR count). The Bertz CT molecular complexity index is 630. The monoisotopic (exact) mass is 346 g/mol. The molecule has 2 aliphatic heterocycles. The molecule has 1 aromatic rings. The van der Waals surface area contributed by atoms with E-state index in [9.17, 15) is 4.79 Å². The zero-order valence-electron chi connectivity index (χ0n) is 16.0. The van der Waals surface area contributed by atoms with Crippen LogP contribution in [0.5, 0.6) is 0 Å². The summed E-state index contributed by atoms with van der Waals surface area (Å²) in [5.74, 6) is 0.486. The second kappa shape index (κ2) is 6.61. The molecule has 2 aliphatic rings. The minimum Gasteiger partial charge on any atom is -0.444 e. The van der Waals surface area contributed by atoms with E-state index in [0.717, 1.165) is 6.54 Å². The fourth-order valence-corrected chi connectivity index (χ4v) is 3.58. The van der Waals surface area contributed by atoms with Crippen LogP contribution in [0.4, 0.5) is 4.79 Å². The lowest BCUT2D eigenvalue weighted by Gasteiger charge is -2.55. The van der Waals surface area contributed by atoms with E-state index in [-0.39, 0.29) is 17.7 Å². The van der Waals surface area contributed by atoms with Gasteiger partial charge in [0, 0.05) is 6.54 Å². The van der Waals surface area contributed by atoms with Crippen molar-refractivity contribution in [2.75, 3.05) is 26.2 Å². The molecule has 0 saturated carbocycles. The van der Waals surface area contributed by atoms with E-state index >= 15 is 0 Å². The summed E-state index contributed by atoms with van der Waals surface area (Å²) in [7, 11) is 0. The third-order valence-corrected chi connectivity index (χ3v) is 4.85. The number of nitrogens with one attached hydrogen (secondary N) is 1. The van der Waals surface area contributed by atoms with Crippen LogP contribution in [0, 0.1) is 0 Å². The van der Waals surface area contributed by atoms with Gasteiger partial charge >= 0.3 is 6.09 Å². The summed E-state index contributed by atoms with van der Waals surface area (Å²) in [6, 6.07) is 8.78. The molecule has 2 saturated heterocycles. The van der Waals surface area contributed by atoms with E-state index in [1.165, 1.54) is 11.1 Å². The number of hydrogen-bond acceptors (Lipinski definition) is 4. The van der Waals surface area contributed by atoms with Gasteiger partial charge in [-0.15, -0.1) is 0 Å². The molecule has 25 heavy (non-hydrogen) atoms. The number of morpholine rings is 1. The van der Waals surface area contributed by atoms with Crippen LogP contribution >= 0.6 is 0 Å². The smallest absolute Gasteiger partial charge is 0.410 e. The number of benzene rings is 1. The number of carbonyl (C=O) groups excluding carboxylic acids is 1. The number of carbonyl (C=O) groups is 1. The average Bonchev–Trinajstić information content (AvgIpc) is 2.51. The summed E-state index contributed by atoms with van der Waals surface area (Å²) in [5, 5.41) is 3.60. The molecule has 1 aromatic carbocycles. The number of ether oxygens (including phenoxy) is 2. The Labute approximate surface area is 150 Å². The lowest BCUT2D eigenvalue weighted by molar-refractivity contribution is -0.176. The molecular formula is C20H30N2O3. The molecule has 0 aliphatic carbocycles. The quantitative estimate of drug-likeness (QED) is 0.891. The second-order valence-electron chi connectivity index (χ2n) is 8.46. The number of nitrogens with zero attached hydrogens (tertiary/aromatic N) is 1. The summed E-state index contributed by atoms with van der Waals surface area (Å²) < 4.78 is 11.6. The maximum Gasteiger partial charge on any atom is 0.410 e. The Morgan fingerprint density at radius 1 is 1.36 bits per heavy atom. The van der Waals surface area contributed by atoms with Gasteiger partial charge in [-0.25, -0.2) is 4.79 Å². The summed E-state index contributed by atoms with van der Waals surface area (Å²) in [4.78, 5) is 14.0. The summed E-state index contributed by atoms with van der Waals surface area (Å²) in [6.07, 6.45) is -0.262. The first-order chi connectivity index (χ1) is 11.7. The maximum absolute atomic E-state index is 12.3. The topological polar surface area (TPSA) is 50.8 Å². The van der Waals surface area contributed by atoms with Gasteiger partial charge in [0.1, 0.15) is 11.2 Å². The third kappa shape index (κ3) is 3.82. The van der Waals surface area contributed by atoms with Crippen molar-refractivity contribution in [2.45, 2.75) is 57.8 Å². The van der Waals surface area contributed by atoms with Crippen molar-refractivity contribution in [3.8, 4) is 0 Å². The van der Waals surface area contributed by atoms with Gasteiger partial charge in [-0.1, -0.05) is 38.1 Å². The summed E-state index contributed by atoms with van der Waals surface area (Å²) in [6.45, 7) is 12.7. The lowest BCUT2D eigenvalue weighted by atomic mass is 9.80. The molecule has 2 heterocycles. The highest BCUT2D eigenvalue weighted by atomic mass is 16.6. The fourth-order valence-electron chi connectivity index (χ4n) is 3.58. The molecule has 1 unspecified atom stereocenters. The van der Waals surface area contributed by atoms with Crippen LogP contribution in [0.15, 0.2) is 24.3 Å². The van der Waals surface area contributed by atoms with Crippen molar-refractivity contribution in [1.82, 2.24) is 10.2 Å². The Morgan fingerprint density at radius 2 is 2.08 bits per heavy atom. The highest BCUT2D eigenvalue weighted by Gasteiger charge is 2.54. The van der Waals surface area contributed by atoms with Crippen molar-refractivity contribution in [3.63, 3.8) is 0 Å². The van der Waals surface area contributed by atoms with Gasteiger partial charge in [0.2, 0.25) is 0 Å². The molecule has 0 aromatic heterocycles. The van der Waals surface area contributed by atoms with Crippen molar-refractivity contribution < 1.29 is 14.3 Å². The van der Waals surface area contributed by atoms with Crippen LogP contribution in [0.2, 0.25) is 0 Å². The first-order valence-electron chi connectivity index (χ1n) is 9.15. The first kappa shape index (κ1) is 18.2. The number of rotatable bonds is 2. The molecule has 2 fully saturated rings. The lowest BCUT2D eigenvalue weighted by Crippen LogP contribution is -2.71. The molecule has 0 radical (unpaired) electrons. The van der Waals surface area contributed by atoms with Gasteiger partial charge in [-0.05, 0) is 37.8 Å². The van der Waals surface area contributed by atoms with Crippen LogP contribution < -0.4 is 5.32 Å². The highest BCUT2D eigenvalue weighted by molar-refractivity contribution is 5.70. The van der Waals surface area contributed by atoms with Gasteiger partial charge in [0.05, 0.1) is 25.7 Å². The van der Waals surface area contributed by atoms with Gasteiger partial charge in [-0.2, -0.15) is 0 Å². The van der Waals surface area contributed by atoms with Crippen LogP contribution in [0.25, 0.3) is 0 Å². The van der Waals surface area contributed by atoms with Crippen molar-refractivity contribution in [3.05, 3.63) is 35.4 Å². The summed E-state index contributed by atoms with van der Waals surface area (Å²) in [5.41, 5.74) is 1.72. The minimum absolute atomic E-state index is 0.0960. The Hall–Kier alpha value is -1.59. The van der Waals surface area contributed by atoms with E-state index < -0.39 is 5.60 Å². The Kier molecular flexibility index (Phi) is 4.82. The third-order valence-electron chi connectivity index (χ3n) is 4.85. The second-order valence-corrected chi connectivity index (χ2v) is 8.46. The Morgan fingerprint density at radius 3 is 2.72 bits per heavy atom. The molecule has 5 heteroatoms. The molecule has 1 spiro atoms. The highest BCUT2D eigenvalue weighted by Crippen LogP contribution is 2.40. The van der Waals surface area contributed by atoms with E-state index in [2.05, 4.69) is 43.4 Å². The SMILES string of the molecule is CC(C)c1cccc(C2NCCOC23CN(C(=O)OC(C)(C)C)C3)c1. The minimum atomic E-state index is -0.476. The first-order valence-corrected chi connectivity index (χ1v) is 9.15. The molecule has 1 atom stereocenters. The van der Waals surface area contributed by atoms with Crippen molar-refractivity contribution >= 4 is 6.09 Å². The standard InChI is InChI=1S/C20H30N2O3/c1-14(2)15-7-6-8-16(11-15)17-20(24-10-9-21-17)12-22(13-20)18(23)25-19(3,4)5/h6-8,11,14,17,21H,9-10,12-13H2,1-5H3. The van der Waals surface area contributed by atoms with Crippen LogP contribution in [-0.2, 0) is 9.47 Å². The van der Waals surface area contributed by atoms with Gasteiger partial charge < -0.3 is 19.7 Å². The zero-order valence-corrected chi connectivity index (χ0v) is 16.0.